The highest BCUT2D eigenvalue weighted by atomic mass is 32.2. The van der Waals surface area contributed by atoms with E-state index in [1.165, 1.54) is 25.7 Å². The van der Waals surface area contributed by atoms with E-state index in [0.29, 0.717) is 41.5 Å². The third kappa shape index (κ3) is 2.73. The van der Waals surface area contributed by atoms with Crippen molar-refractivity contribution in [2.75, 3.05) is 31.7 Å². The zero-order valence-electron chi connectivity index (χ0n) is 14.5. The van der Waals surface area contributed by atoms with E-state index < -0.39 is 9.84 Å². The lowest BCUT2D eigenvalue weighted by Gasteiger charge is -2.57. The number of ether oxygens (including phenoxy) is 1. The first kappa shape index (κ1) is 16.6. The van der Waals surface area contributed by atoms with Gasteiger partial charge in [-0.2, -0.15) is 0 Å². The highest BCUT2D eigenvalue weighted by Crippen LogP contribution is 2.60. The molecule has 2 saturated heterocycles. The lowest BCUT2D eigenvalue weighted by atomic mass is 9.54. The number of guanidine groups is 1. The van der Waals surface area contributed by atoms with Crippen LogP contribution in [-0.2, 0) is 14.6 Å². The van der Waals surface area contributed by atoms with Crippen molar-refractivity contribution in [3.8, 4) is 0 Å². The van der Waals surface area contributed by atoms with E-state index in [-0.39, 0.29) is 5.92 Å². The summed E-state index contributed by atoms with van der Waals surface area (Å²) in [5.74, 6) is 2.27. The quantitative estimate of drug-likeness (QED) is 0.582. The molecule has 24 heavy (non-hydrogen) atoms. The van der Waals surface area contributed by atoms with E-state index in [4.69, 9.17) is 4.74 Å². The third-order valence-electron chi connectivity index (χ3n) is 6.69. The largest absolute Gasteiger partial charge is 0.377 e. The van der Waals surface area contributed by atoms with Crippen LogP contribution < -0.4 is 10.6 Å². The molecule has 0 radical (unpaired) electrons. The van der Waals surface area contributed by atoms with Crippen molar-refractivity contribution in [3.05, 3.63) is 0 Å². The number of sulfone groups is 1. The predicted molar refractivity (Wildman–Crippen MR) is 93.8 cm³/mol. The van der Waals surface area contributed by atoms with Crippen molar-refractivity contribution in [2.45, 2.75) is 50.7 Å². The van der Waals surface area contributed by atoms with E-state index in [0.717, 1.165) is 25.4 Å². The minimum absolute atomic E-state index is 0.206. The maximum absolute atomic E-state index is 11.6. The molecule has 2 N–H and O–H groups in total. The minimum atomic E-state index is -2.81. The van der Waals surface area contributed by atoms with Gasteiger partial charge >= 0.3 is 0 Å². The summed E-state index contributed by atoms with van der Waals surface area (Å²) in [5.41, 5.74) is 0.301. The van der Waals surface area contributed by atoms with Crippen LogP contribution in [-0.4, -0.2) is 58.2 Å². The molecular formula is C17H29N3O3S. The van der Waals surface area contributed by atoms with Crippen molar-refractivity contribution in [1.29, 1.82) is 0 Å². The summed E-state index contributed by atoms with van der Waals surface area (Å²) in [6.45, 7) is 1.57. The molecule has 0 aromatic heterocycles. The van der Waals surface area contributed by atoms with Gasteiger partial charge in [0.1, 0.15) is 0 Å². The molecule has 4 aliphatic rings. The smallest absolute Gasteiger partial charge is 0.191 e. The van der Waals surface area contributed by atoms with Crippen LogP contribution in [0.5, 0.6) is 0 Å². The molecule has 4 fully saturated rings. The molecule has 7 heteroatoms. The Hall–Kier alpha value is -0.820. The number of hydrogen-bond donors (Lipinski definition) is 2. The Balaban J connectivity index is 1.36. The molecule has 4 atom stereocenters. The fraction of sp³-hybridized carbons (Fsp3) is 0.941. The fourth-order valence-electron chi connectivity index (χ4n) is 5.52. The van der Waals surface area contributed by atoms with Gasteiger partial charge in [0.25, 0.3) is 0 Å². The number of aliphatic imine (C=N–C) groups is 1. The second-order valence-corrected chi connectivity index (χ2v) is 10.3. The van der Waals surface area contributed by atoms with Crippen molar-refractivity contribution in [2.24, 2.45) is 22.2 Å². The minimum Gasteiger partial charge on any atom is -0.377 e. The van der Waals surface area contributed by atoms with E-state index in [1.54, 1.807) is 7.05 Å². The number of nitrogens with one attached hydrogen (secondary N) is 2. The van der Waals surface area contributed by atoms with Gasteiger partial charge in [-0.15, -0.1) is 0 Å². The fourth-order valence-corrected chi connectivity index (χ4v) is 7.38. The van der Waals surface area contributed by atoms with Gasteiger partial charge in [0.2, 0.25) is 0 Å². The van der Waals surface area contributed by atoms with Gasteiger partial charge < -0.3 is 15.4 Å². The van der Waals surface area contributed by atoms with Gasteiger partial charge in [0.05, 0.1) is 17.6 Å². The monoisotopic (exact) mass is 355 g/mol. The Bertz CT molecular complexity index is 613. The molecular weight excluding hydrogens is 326 g/mol. The maximum atomic E-state index is 11.6. The molecule has 4 unspecified atom stereocenters. The lowest BCUT2D eigenvalue weighted by Crippen LogP contribution is -2.69. The SMILES string of the molecule is CN=C(NCC1CCS(=O)(=O)C1)NC1C2CCOC2C12CCCC2. The van der Waals surface area contributed by atoms with Crippen LogP contribution in [0.2, 0.25) is 0 Å². The zero-order valence-corrected chi connectivity index (χ0v) is 15.3. The highest BCUT2D eigenvalue weighted by molar-refractivity contribution is 7.91. The third-order valence-corrected chi connectivity index (χ3v) is 8.52. The highest BCUT2D eigenvalue weighted by Gasteiger charge is 2.65. The van der Waals surface area contributed by atoms with Crippen molar-refractivity contribution < 1.29 is 13.2 Å². The Morgan fingerprint density at radius 2 is 2.08 bits per heavy atom. The summed E-state index contributed by atoms with van der Waals surface area (Å²) in [6, 6.07) is 0.450. The van der Waals surface area contributed by atoms with Crippen LogP contribution >= 0.6 is 0 Å². The summed E-state index contributed by atoms with van der Waals surface area (Å²) in [5, 5.41) is 7.03. The molecule has 0 aromatic rings. The average molecular weight is 356 g/mol. The lowest BCUT2D eigenvalue weighted by molar-refractivity contribution is -0.125. The van der Waals surface area contributed by atoms with Gasteiger partial charge in [0, 0.05) is 37.6 Å². The number of hydrogen-bond acceptors (Lipinski definition) is 4. The molecule has 2 aliphatic heterocycles. The van der Waals surface area contributed by atoms with Gasteiger partial charge in [-0.05, 0) is 31.6 Å². The van der Waals surface area contributed by atoms with Gasteiger partial charge in [-0.25, -0.2) is 8.42 Å². The first-order valence-electron chi connectivity index (χ1n) is 9.33. The van der Waals surface area contributed by atoms with E-state index in [9.17, 15) is 8.42 Å². The average Bonchev–Trinajstić information content (AvgIpc) is 3.26. The summed E-state index contributed by atoms with van der Waals surface area (Å²) >= 11 is 0. The summed E-state index contributed by atoms with van der Waals surface area (Å²) in [6.07, 6.45) is 7.46. The Labute approximate surface area is 144 Å². The summed E-state index contributed by atoms with van der Waals surface area (Å²) < 4.78 is 29.2. The Morgan fingerprint density at radius 1 is 1.29 bits per heavy atom. The van der Waals surface area contributed by atoms with Crippen molar-refractivity contribution in [3.63, 3.8) is 0 Å². The molecule has 6 nitrogen and oxygen atoms in total. The molecule has 4 rings (SSSR count). The summed E-state index contributed by atoms with van der Waals surface area (Å²) in [7, 11) is -1.02. The van der Waals surface area contributed by atoms with E-state index in [2.05, 4.69) is 15.6 Å². The molecule has 2 saturated carbocycles. The first-order chi connectivity index (χ1) is 11.5. The number of fused-ring (bicyclic) bond motifs is 2. The second kappa shape index (κ2) is 6.16. The van der Waals surface area contributed by atoms with Crippen LogP contribution in [0.25, 0.3) is 0 Å². The normalized spacial score (nSPS) is 39.6. The van der Waals surface area contributed by atoms with Crippen molar-refractivity contribution >= 4 is 15.8 Å². The molecule has 0 aromatic carbocycles. The molecule has 0 amide bonds. The number of rotatable bonds is 3. The molecule has 0 bridgehead atoms. The number of nitrogens with zero attached hydrogens (tertiary/aromatic N) is 1. The van der Waals surface area contributed by atoms with Gasteiger partial charge in [-0.1, -0.05) is 12.8 Å². The Kier molecular flexibility index (Phi) is 4.27. The maximum Gasteiger partial charge on any atom is 0.191 e. The van der Waals surface area contributed by atoms with E-state index >= 15 is 0 Å². The van der Waals surface area contributed by atoms with Crippen LogP contribution in [0.1, 0.15) is 38.5 Å². The summed E-state index contributed by atoms with van der Waals surface area (Å²) in [4.78, 5) is 4.38. The predicted octanol–water partition coefficient (Wildman–Crippen LogP) is 0.934. The van der Waals surface area contributed by atoms with Crippen LogP contribution in [0.15, 0.2) is 4.99 Å². The first-order valence-corrected chi connectivity index (χ1v) is 11.2. The molecule has 136 valence electrons. The van der Waals surface area contributed by atoms with Crippen molar-refractivity contribution in [1.82, 2.24) is 10.6 Å². The van der Waals surface area contributed by atoms with Gasteiger partial charge in [-0.3, -0.25) is 4.99 Å². The van der Waals surface area contributed by atoms with Crippen LogP contribution in [0, 0.1) is 17.3 Å². The Morgan fingerprint density at radius 3 is 2.75 bits per heavy atom. The second-order valence-electron chi connectivity index (χ2n) is 8.03. The molecule has 2 aliphatic carbocycles. The van der Waals surface area contributed by atoms with Gasteiger partial charge in [0.15, 0.2) is 15.8 Å². The topological polar surface area (TPSA) is 79.8 Å². The van der Waals surface area contributed by atoms with Crippen LogP contribution in [0.3, 0.4) is 0 Å². The molecule has 2 heterocycles. The van der Waals surface area contributed by atoms with E-state index in [1.807, 2.05) is 0 Å². The zero-order chi connectivity index (χ0) is 16.8. The standard InChI is InChI=1S/C17H29N3O3S/c1-18-16(19-10-12-5-9-24(21,22)11-12)20-14-13-4-8-23-15(13)17(14)6-2-3-7-17/h12-15H,2-11H2,1H3,(H2,18,19,20). The molecule has 1 spiro atoms. The van der Waals surface area contributed by atoms with Crippen LogP contribution in [0.4, 0.5) is 0 Å².